The summed E-state index contributed by atoms with van der Waals surface area (Å²) < 4.78 is 11.3. The first-order chi connectivity index (χ1) is 11.7. The van der Waals surface area contributed by atoms with E-state index in [4.69, 9.17) is 9.15 Å². The lowest BCUT2D eigenvalue weighted by atomic mass is 9.74. The van der Waals surface area contributed by atoms with Gasteiger partial charge in [-0.3, -0.25) is 0 Å². The maximum absolute atomic E-state index is 12.8. The van der Waals surface area contributed by atoms with Crippen molar-refractivity contribution < 1.29 is 13.9 Å². The van der Waals surface area contributed by atoms with Gasteiger partial charge in [-0.1, -0.05) is 12.1 Å². The Morgan fingerprint density at radius 2 is 2.08 bits per heavy atom. The summed E-state index contributed by atoms with van der Waals surface area (Å²) in [5.74, 6) is 0.853. The van der Waals surface area contributed by atoms with Crippen LogP contribution in [0.2, 0.25) is 0 Å². The van der Waals surface area contributed by atoms with Crippen LogP contribution in [-0.2, 0) is 4.74 Å². The van der Waals surface area contributed by atoms with Gasteiger partial charge in [0.2, 0.25) is 0 Å². The van der Waals surface area contributed by atoms with Gasteiger partial charge in [-0.15, -0.1) is 0 Å². The number of amides is 2. The van der Waals surface area contributed by atoms with E-state index in [1.54, 1.807) is 0 Å². The van der Waals surface area contributed by atoms with Gasteiger partial charge in [0.25, 0.3) is 0 Å². The van der Waals surface area contributed by atoms with E-state index in [9.17, 15) is 4.79 Å². The van der Waals surface area contributed by atoms with Crippen LogP contribution in [0.25, 0.3) is 11.0 Å². The van der Waals surface area contributed by atoms with Gasteiger partial charge in [-0.2, -0.15) is 0 Å². The van der Waals surface area contributed by atoms with Crippen LogP contribution in [0.5, 0.6) is 0 Å². The fourth-order valence-electron chi connectivity index (χ4n) is 4.08. The van der Waals surface area contributed by atoms with Gasteiger partial charge >= 0.3 is 6.03 Å². The molecule has 1 N–H and O–H groups in total. The molecular weight excluding hydrogens is 304 g/mol. The second kappa shape index (κ2) is 6.13. The number of rotatable bonds is 1. The maximum Gasteiger partial charge on any atom is 0.321 e. The quantitative estimate of drug-likeness (QED) is 0.855. The van der Waals surface area contributed by atoms with E-state index in [0.717, 1.165) is 68.0 Å². The molecule has 3 heterocycles. The molecule has 1 spiro atoms. The minimum absolute atomic E-state index is 0.0258. The molecule has 0 saturated carbocycles. The average Bonchev–Trinajstić information content (AvgIpc) is 2.97. The first kappa shape index (κ1) is 15.5. The Balaban J connectivity index is 1.51. The van der Waals surface area contributed by atoms with E-state index >= 15 is 0 Å². The third-order valence-electron chi connectivity index (χ3n) is 5.41. The SMILES string of the molecule is Cc1cc2cccc(NC(=O)N3CCCC4(CCOCC4)C3)c2o1. The molecule has 5 heteroatoms. The molecule has 128 valence electrons. The Morgan fingerprint density at radius 3 is 2.92 bits per heavy atom. The molecule has 24 heavy (non-hydrogen) atoms. The molecule has 1 aromatic heterocycles. The summed E-state index contributed by atoms with van der Waals surface area (Å²) in [7, 11) is 0. The number of anilines is 1. The molecule has 4 rings (SSSR count). The van der Waals surface area contributed by atoms with Crippen LogP contribution in [0.4, 0.5) is 10.5 Å². The molecular formula is C19H24N2O3. The number of nitrogens with one attached hydrogen (secondary N) is 1. The van der Waals surface area contributed by atoms with Crippen LogP contribution in [0.3, 0.4) is 0 Å². The molecule has 2 fully saturated rings. The van der Waals surface area contributed by atoms with Crippen LogP contribution in [0, 0.1) is 12.3 Å². The lowest BCUT2D eigenvalue weighted by molar-refractivity contribution is -0.0175. The van der Waals surface area contributed by atoms with E-state index in [2.05, 4.69) is 5.32 Å². The van der Waals surface area contributed by atoms with Crippen molar-refractivity contribution in [2.45, 2.75) is 32.6 Å². The second-order valence-electron chi connectivity index (χ2n) is 7.15. The predicted octanol–water partition coefficient (Wildman–Crippen LogP) is 4.17. The summed E-state index contributed by atoms with van der Waals surface area (Å²) in [4.78, 5) is 14.7. The lowest BCUT2D eigenvalue weighted by Gasteiger charge is -2.44. The maximum atomic E-state index is 12.8. The molecule has 2 aliphatic heterocycles. The highest BCUT2D eigenvalue weighted by atomic mass is 16.5. The molecule has 0 bridgehead atoms. The lowest BCUT2D eigenvalue weighted by Crippen LogP contribution is -2.49. The molecule has 2 amide bonds. The largest absolute Gasteiger partial charge is 0.459 e. The molecule has 0 aliphatic carbocycles. The number of likely N-dealkylation sites (tertiary alicyclic amines) is 1. The molecule has 0 unspecified atom stereocenters. The van der Waals surface area contributed by atoms with Crippen LogP contribution in [-0.4, -0.2) is 37.2 Å². The number of hydrogen-bond donors (Lipinski definition) is 1. The zero-order valence-corrected chi connectivity index (χ0v) is 14.1. The fourth-order valence-corrected chi connectivity index (χ4v) is 4.08. The number of ether oxygens (including phenoxy) is 1. The van der Waals surface area contributed by atoms with E-state index in [1.807, 2.05) is 36.1 Å². The summed E-state index contributed by atoms with van der Waals surface area (Å²) in [6, 6.07) is 7.81. The number of aryl methyl sites for hydroxylation is 1. The van der Waals surface area contributed by atoms with E-state index in [0.29, 0.717) is 0 Å². The van der Waals surface area contributed by atoms with Gasteiger partial charge in [0.1, 0.15) is 5.76 Å². The Morgan fingerprint density at radius 1 is 1.25 bits per heavy atom. The van der Waals surface area contributed by atoms with E-state index < -0.39 is 0 Å². The van der Waals surface area contributed by atoms with Crippen molar-refractivity contribution in [2.75, 3.05) is 31.6 Å². The van der Waals surface area contributed by atoms with Gasteiger partial charge in [0, 0.05) is 31.7 Å². The number of carbonyl (C=O) groups excluding carboxylic acids is 1. The first-order valence-electron chi connectivity index (χ1n) is 8.78. The van der Waals surface area contributed by atoms with Crippen molar-refractivity contribution in [3.8, 4) is 0 Å². The smallest absolute Gasteiger partial charge is 0.321 e. The number of urea groups is 1. The van der Waals surface area contributed by atoms with Crippen molar-refractivity contribution in [3.63, 3.8) is 0 Å². The fraction of sp³-hybridized carbons (Fsp3) is 0.526. The van der Waals surface area contributed by atoms with Crippen LogP contribution in [0.1, 0.15) is 31.4 Å². The molecule has 1 aromatic carbocycles. The molecule has 2 aromatic rings. The van der Waals surface area contributed by atoms with Crippen molar-refractivity contribution in [3.05, 3.63) is 30.0 Å². The Labute approximate surface area is 141 Å². The minimum atomic E-state index is -0.0258. The summed E-state index contributed by atoms with van der Waals surface area (Å²) in [6.45, 7) is 5.21. The number of nitrogens with zero attached hydrogens (tertiary/aromatic N) is 1. The van der Waals surface area contributed by atoms with Crippen LogP contribution in [0.15, 0.2) is 28.7 Å². The third-order valence-corrected chi connectivity index (χ3v) is 5.41. The molecule has 2 aliphatic rings. The van der Waals surface area contributed by atoms with Gasteiger partial charge in [-0.25, -0.2) is 4.79 Å². The van der Waals surface area contributed by atoms with Gasteiger partial charge < -0.3 is 19.4 Å². The number of hydrogen-bond acceptors (Lipinski definition) is 3. The van der Waals surface area contributed by atoms with Gasteiger partial charge in [-0.05, 0) is 50.2 Å². The monoisotopic (exact) mass is 328 g/mol. The van der Waals surface area contributed by atoms with Crippen molar-refractivity contribution in [1.82, 2.24) is 4.90 Å². The number of para-hydroxylation sites is 1. The number of benzene rings is 1. The highest BCUT2D eigenvalue weighted by Crippen LogP contribution is 2.39. The zero-order chi connectivity index (χ0) is 16.6. The third kappa shape index (κ3) is 2.88. The highest BCUT2D eigenvalue weighted by Gasteiger charge is 2.38. The predicted molar refractivity (Wildman–Crippen MR) is 93.3 cm³/mol. The normalized spacial score (nSPS) is 20.5. The zero-order valence-electron chi connectivity index (χ0n) is 14.1. The first-order valence-corrected chi connectivity index (χ1v) is 8.78. The van der Waals surface area contributed by atoms with E-state index in [-0.39, 0.29) is 11.4 Å². The van der Waals surface area contributed by atoms with Crippen molar-refractivity contribution >= 4 is 22.7 Å². The Bertz CT molecular complexity index is 741. The van der Waals surface area contributed by atoms with Gasteiger partial charge in [0.15, 0.2) is 5.58 Å². The van der Waals surface area contributed by atoms with Crippen LogP contribution >= 0.6 is 0 Å². The molecule has 0 atom stereocenters. The van der Waals surface area contributed by atoms with Crippen molar-refractivity contribution in [2.24, 2.45) is 5.41 Å². The molecule has 2 saturated heterocycles. The summed E-state index contributed by atoms with van der Waals surface area (Å²) >= 11 is 0. The molecule has 0 radical (unpaired) electrons. The van der Waals surface area contributed by atoms with Crippen molar-refractivity contribution in [1.29, 1.82) is 0 Å². The Kier molecular flexibility index (Phi) is 3.96. The highest BCUT2D eigenvalue weighted by molar-refractivity contribution is 5.99. The second-order valence-corrected chi connectivity index (χ2v) is 7.15. The van der Waals surface area contributed by atoms with Gasteiger partial charge in [0.05, 0.1) is 5.69 Å². The molecule has 5 nitrogen and oxygen atoms in total. The number of carbonyl (C=O) groups is 1. The summed E-state index contributed by atoms with van der Waals surface area (Å²) in [6.07, 6.45) is 4.39. The topological polar surface area (TPSA) is 54.7 Å². The Hall–Kier alpha value is -2.01. The number of piperidine rings is 1. The van der Waals surface area contributed by atoms with Crippen LogP contribution < -0.4 is 5.32 Å². The average molecular weight is 328 g/mol. The standard InChI is InChI=1S/C19H24N2O3/c1-14-12-15-4-2-5-16(17(15)24-14)20-18(22)21-9-3-6-19(13-21)7-10-23-11-8-19/h2,4-5,12H,3,6-11,13H2,1H3,(H,20,22). The van der Waals surface area contributed by atoms with E-state index in [1.165, 1.54) is 6.42 Å². The number of fused-ring (bicyclic) bond motifs is 1. The minimum Gasteiger partial charge on any atom is -0.459 e. The summed E-state index contributed by atoms with van der Waals surface area (Å²) in [5, 5.41) is 4.07. The summed E-state index contributed by atoms with van der Waals surface area (Å²) in [5.41, 5.74) is 1.75. The number of furan rings is 1.